The van der Waals surface area contributed by atoms with Crippen molar-refractivity contribution in [1.29, 1.82) is 0 Å². The number of carbonyl (C=O) groups is 1. The molecule has 208 valence electrons. The SMILES string of the molecule is O=C(CNc1c(-c2ccc(N3CCOCC3)cc2)nc2cccc(Cl)n12)N1CCN(c2c(Cl)cncc2Cl)CC1. The Morgan fingerprint density at radius 1 is 0.875 bits per heavy atom. The van der Waals surface area contributed by atoms with E-state index in [1.807, 2.05) is 27.5 Å². The average Bonchev–Trinajstić information content (AvgIpc) is 3.36. The summed E-state index contributed by atoms with van der Waals surface area (Å²) in [5.74, 6) is 0.671. The Hall–Kier alpha value is -3.24. The van der Waals surface area contributed by atoms with E-state index >= 15 is 0 Å². The van der Waals surface area contributed by atoms with Crippen LogP contribution < -0.4 is 15.1 Å². The molecule has 1 aromatic carbocycles. The fraction of sp³-hybridized carbons (Fsp3) is 0.321. The van der Waals surface area contributed by atoms with Gasteiger partial charge in [-0.1, -0.05) is 53.0 Å². The second-order valence-corrected chi connectivity index (χ2v) is 10.9. The van der Waals surface area contributed by atoms with Crippen LogP contribution in [0.15, 0.2) is 54.9 Å². The van der Waals surface area contributed by atoms with E-state index in [0.29, 0.717) is 52.8 Å². The van der Waals surface area contributed by atoms with Gasteiger partial charge in [-0.3, -0.25) is 14.2 Å². The highest BCUT2D eigenvalue weighted by molar-refractivity contribution is 6.38. The molecule has 2 aliphatic heterocycles. The highest BCUT2D eigenvalue weighted by Crippen LogP contribution is 2.34. The first kappa shape index (κ1) is 27.0. The van der Waals surface area contributed by atoms with Crippen LogP contribution in [0.3, 0.4) is 0 Å². The number of morpholine rings is 1. The van der Waals surface area contributed by atoms with Gasteiger partial charge in [0.25, 0.3) is 0 Å². The van der Waals surface area contributed by atoms with Crippen LogP contribution in [0.4, 0.5) is 17.2 Å². The van der Waals surface area contributed by atoms with E-state index < -0.39 is 0 Å². The van der Waals surface area contributed by atoms with Gasteiger partial charge < -0.3 is 24.8 Å². The van der Waals surface area contributed by atoms with Crippen molar-refractivity contribution >= 4 is 63.5 Å². The summed E-state index contributed by atoms with van der Waals surface area (Å²) < 4.78 is 7.32. The highest BCUT2D eigenvalue weighted by atomic mass is 35.5. The van der Waals surface area contributed by atoms with Crippen molar-refractivity contribution in [2.75, 3.05) is 74.1 Å². The molecular weight excluding hydrogens is 573 g/mol. The van der Waals surface area contributed by atoms with Gasteiger partial charge in [-0.05, 0) is 24.3 Å². The third kappa shape index (κ3) is 5.39. The van der Waals surface area contributed by atoms with Gasteiger partial charge in [0.05, 0.1) is 35.5 Å². The lowest BCUT2D eigenvalue weighted by atomic mass is 10.1. The summed E-state index contributed by atoms with van der Waals surface area (Å²) in [4.78, 5) is 28.4. The predicted molar refractivity (Wildman–Crippen MR) is 160 cm³/mol. The molecule has 0 radical (unpaired) electrons. The van der Waals surface area contributed by atoms with Crippen molar-refractivity contribution in [1.82, 2.24) is 19.3 Å². The summed E-state index contributed by atoms with van der Waals surface area (Å²) in [7, 11) is 0. The lowest BCUT2D eigenvalue weighted by Crippen LogP contribution is -2.50. The molecule has 2 saturated heterocycles. The number of amides is 1. The zero-order valence-electron chi connectivity index (χ0n) is 21.7. The van der Waals surface area contributed by atoms with Crippen LogP contribution in [0.5, 0.6) is 0 Å². The number of hydrogen-bond donors (Lipinski definition) is 1. The minimum atomic E-state index is -0.0119. The van der Waals surface area contributed by atoms with Crippen LogP contribution >= 0.6 is 34.8 Å². The molecule has 4 aromatic rings. The van der Waals surface area contributed by atoms with E-state index in [1.54, 1.807) is 12.4 Å². The van der Waals surface area contributed by atoms with E-state index in [2.05, 4.69) is 44.4 Å². The quantitative estimate of drug-likeness (QED) is 0.314. The molecule has 6 rings (SSSR count). The number of pyridine rings is 2. The van der Waals surface area contributed by atoms with E-state index in [4.69, 9.17) is 44.5 Å². The van der Waals surface area contributed by atoms with Gasteiger partial charge in [-0.15, -0.1) is 0 Å². The molecule has 3 aromatic heterocycles. The molecule has 1 N–H and O–H groups in total. The summed E-state index contributed by atoms with van der Waals surface area (Å²) in [5.41, 5.74) is 4.28. The zero-order chi connectivity index (χ0) is 27.6. The molecule has 5 heterocycles. The number of carbonyl (C=O) groups excluding carboxylic acids is 1. The van der Waals surface area contributed by atoms with E-state index in [-0.39, 0.29) is 12.5 Å². The Balaban J connectivity index is 1.18. The topological polar surface area (TPSA) is 78.2 Å². The largest absolute Gasteiger partial charge is 0.378 e. The van der Waals surface area contributed by atoms with Gasteiger partial charge in [0.2, 0.25) is 5.91 Å². The number of fused-ring (bicyclic) bond motifs is 1. The van der Waals surface area contributed by atoms with Crippen molar-refractivity contribution in [3.63, 3.8) is 0 Å². The van der Waals surface area contributed by atoms with Crippen LogP contribution in [0.1, 0.15) is 0 Å². The van der Waals surface area contributed by atoms with E-state index in [0.717, 1.165) is 48.9 Å². The van der Waals surface area contributed by atoms with Gasteiger partial charge in [0.1, 0.15) is 22.3 Å². The molecule has 12 heteroatoms. The average molecular weight is 601 g/mol. The number of nitrogens with one attached hydrogen (secondary N) is 1. The fourth-order valence-corrected chi connectivity index (χ4v) is 6.07. The molecule has 40 heavy (non-hydrogen) atoms. The zero-order valence-corrected chi connectivity index (χ0v) is 24.0. The smallest absolute Gasteiger partial charge is 0.242 e. The highest BCUT2D eigenvalue weighted by Gasteiger charge is 2.25. The Kier molecular flexibility index (Phi) is 7.89. The summed E-state index contributed by atoms with van der Waals surface area (Å²) in [6, 6.07) is 13.9. The third-order valence-corrected chi connectivity index (χ3v) is 8.15. The molecule has 0 atom stereocenters. The summed E-state index contributed by atoms with van der Waals surface area (Å²) in [6.45, 7) is 5.66. The van der Waals surface area contributed by atoms with Crippen LogP contribution in [0.2, 0.25) is 15.2 Å². The molecule has 9 nitrogen and oxygen atoms in total. The van der Waals surface area contributed by atoms with Crippen molar-refractivity contribution in [2.45, 2.75) is 0 Å². The maximum Gasteiger partial charge on any atom is 0.242 e. The lowest BCUT2D eigenvalue weighted by Gasteiger charge is -2.36. The molecule has 0 aliphatic carbocycles. The van der Waals surface area contributed by atoms with E-state index in [9.17, 15) is 4.79 Å². The van der Waals surface area contributed by atoms with Gasteiger partial charge in [-0.2, -0.15) is 0 Å². The minimum absolute atomic E-state index is 0.0119. The number of ether oxygens (including phenoxy) is 1. The Morgan fingerprint density at radius 3 is 2.27 bits per heavy atom. The molecule has 0 spiro atoms. The molecule has 0 bridgehead atoms. The van der Waals surface area contributed by atoms with Crippen LogP contribution in [-0.2, 0) is 9.53 Å². The number of halogens is 3. The Morgan fingerprint density at radius 2 is 1.57 bits per heavy atom. The first-order valence-corrected chi connectivity index (χ1v) is 14.3. The second kappa shape index (κ2) is 11.7. The van der Waals surface area contributed by atoms with Crippen LogP contribution in [0, 0.1) is 0 Å². The maximum absolute atomic E-state index is 13.3. The van der Waals surface area contributed by atoms with Gasteiger partial charge in [0.15, 0.2) is 0 Å². The molecule has 0 saturated carbocycles. The number of anilines is 3. The van der Waals surface area contributed by atoms with Crippen molar-refractivity contribution in [2.24, 2.45) is 0 Å². The number of rotatable bonds is 6. The lowest BCUT2D eigenvalue weighted by molar-refractivity contribution is -0.129. The number of hydrogen-bond acceptors (Lipinski definition) is 7. The summed E-state index contributed by atoms with van der Waals surface area (Å²) >= 11 is 19.3. The van der Waals surface area contributed by atoms with Gasteiger partial charge >= 0.3 is 0 Å². The molecule has 2 fully saturated rings. The first-order valence-electron chi connectivity index (χ1n) is 13.2. The van der Waals surface area contributed by atoms with Gasteiger partial charge in [0, 0.05) is 62.9 Å². The maximum atomic E-state index is 13.3. The Labute approximate surface area is 247 Å². The predicted octanol–water partition coefficient (Wildman–Crippen LogP) is 4.95. The van der Waals surface area contributed by atoms with Crippen molar-refractivity contribution in [3.05, 3.63) is 70.1 Å². The van der Waals surface area contributed by atoms with Gasteiger partial charge in [-0.25, -0.2) is 4.98 Å². The number of aromatic nitrogens is 3. The van der Waals surface area contributed by atoms with Crippen molar-refractivity contribution in [3.8, 4) is 11.3 Å². The first-order chi connectivity index (χ1) is 19.5. The molecule has 0 unspecified atom stereocenters. The summed E-state index contributed by atoms with van der Waals surface area (Å²) in [6.07, 6.45) is 3.16. The van der Waals surface area contributed by atoms with Crippen LogP contribution in [-0.4, -0.2) is 84.2 Å². The summed E-state index contributed by atoms with van der Waals surface area (Å²) in [5, 5.41) is 4.86. The number of nitrogens with zero attached hydrogens (tertiary/aromatic N) is 6. The molecular formula is C28H28Cl3N7O2. The fourth-order valence-electron chi connectivity index (χ4n) is 5.23. The monoisotopic (exact) mass is 599 g/mol. The minimum Gasteiger partial charge on any atom is -0.378 e. The standard InChI is InChI=1S/C28H28Cl3N7O2/c29-21-16-32-17-22(30)27(21)37-10-8-36(9-11-37)25(39)18-33-28-26(34-24-3-1-2-23(31)38(24)28)19-4-6-20(7-5-19)35-12-14-40-15-13-35/h1-7,16-17,33H,8-15,18H2. The number of piperazine rings is 1. The van der Waals surface area contributed by atoms with E-state index in [1.165, 1.54) is 0 Å². The van der Waals surface area contributed by atoms with Crippen molar-refractivity contribution < 1.29 is 9.53 Å². The molecule has 2 aliphatic rings. The second-order valence-electron chi connectivity index (χ2n) is 9.67. The van der Waals surface area contributed by atoms with Crippen LogP contribution in [0.25, 0.3) is 16.9 Å². The Bertz CT molecular complexity index is 1490. The molecule has 1 amide bonds. The third-order valence-electron chi connectivity index (χ3n) is 7.30. The normalized spacial score (nSPS) is 16.0. The number of imidazole rings is 1. The number of benzene rings is 1.